The fraction of sp³-hybridized carbons (Fsp3) is 0.375. The van der Waals surface area contributed by atoms with Gasteiger partial charge in [-0.05, 0) is 29.2 Å². The summed E-state index contributed by atoms with van der Waals surface area (Å²) in [6.07, 6.45) is -1.75. The zero-order valence-electron chi connectivity index (χ0n) is 18.5. The first-order valence-electron chi connectivity index (χ1n) is 10.7. The minimum absolute atomic E-state index is 0.0673. The van der Waals surface area contributed by atoms with Crippen molar-refractivity contribution >= 4 is 18.0 Å². The number of carbonyl (C=O) groups excluding carboxylic acids is 2. The molecule has 0 bridgehead atoms. The molecule has 1 aliphatic rings. The van der Waals surface area contributed by atoms with Gasteiger partial charge in [-0.15, -0.1) is 0 Å². The summed E-state index contributed by atoms with van der Waals surface area (Å²) in [4.78, 5) is 36.5. The SMILES string of the molecule is CO[C@H](C)[C@H](NC(=O)OCC1c2ccccc2-c2ccccc21)C(=O)NC(CCO)C(=O)O. The highest BCUT2D eigenvalue weighted by Crippen LogP contribution is 2.44. The van der Waals surface area contributed by atoms with Crippen molar-refractivity contribution in [2.45, 2.75) is 37.5 Å². The molecule has 3 rings (SSSR count). The van der Waals surface area contributed by atoms with Gasteiger partial charge in [0.1, 0.15) is 18.7 Å². The maximum Gasteiger partial charge on any atom is 0.407 e. The zero-order chi connectivity index (χ0) is 24.0. The summed E-state index contributed by atoms with van der Waals surface area (Å²) in [5, 5.41) is 23.0. The topological polar surface area (TPSA) is 134 Å². The molecule has 0 heterocycles. The van der Waals surface area contributed by atoms with E-state index in [0.717, 1.165) is 22.3 Å². The van der Waals surface area contributed by atoms with E-state index in [2.05, 4.69) is 10.6 Å². The van der Waals surface area contributed by atoms with Crippen molar-refractivity contribution in [3.05, 3.63) is 59.7 Å². The van der Waals surface area contributed by atoms with E-state index in [1.165, 1.54) is 7.11 Å². The molecular weight excluding hydrogens is 428 g/mol. The third-order valence-corrected chi connectivity index (χ3v) is 5.77. The van der Waals surface area contributed by atoms with Gasteiger partial charge >= 0.3 is 12.1 Å². The molecule has 2 aromatic rings. The molecule has 0 fully saturated rings. The number of hydrogen-bond donors (Lipinski definition) is 4. The van der Waals surface area contributed by atoms with Crippen LogP contribution in [0, 0.1) is 0 Å². The summed E-state index contributed by atoms with van der Waals surface area (Å²) >= 11 is 0. The predicted octanol–water partition coefficient (Wildman–Crippen LogP) is 1.88. The molecule has 9 heteroatoms. The number of methoxy groups -OCH3 is 1. The second-order valence-corrected chi connectivity index (χ2v) is 7.80. The Kier molecular flexibility index (Phi) is 8.02. The highest BCUT2D eigenvalue weighted by molar-refractivity contribution is 5.89. The van der Waals surface area contributed by atoms with E-state index in [-0.39, 0.29) is 18.9 Å². The summed E-state index contributed by atoms with van der Waals surface area (Å²) in [5.41, 5.74) is 4.30. The number of benzene rings is 2. The third-order valence-electron chi connectivity index (χ3n) is 5.77. The lowest BCUT2D eigenvalue weighted by Crippen LogP contribution is -2.56. The van der Waals surface area contributed by atoms with Crippen LogP contribution in [0.3, 0.4) is 0 Å². The Bertz CT molecular complexity index is 964. The van der Waals surface area contributed by atoms with Crippen molar-refractivity contribution in [2.24, 2.45) is 0 Å². The summed E-state index contributed by atoms with van der Waals surface area (Å²) in [6.45, 7) is 1.22. The molecule has 1 aliphatic carbocycles. The van der Waals surface area contributed by atoms with Gasteiger partial charge < -0.3 is 30.3 Å². The summed E-state index contributed by atoms with van der Waals surface area (Å²) in [7, 11) is 1.37. The first kappa shape index (κ1) is 24.2. The van der Waals surface area contributed by atoms with Crippen LogP contribution in [0.25, 0.3) is 11.1 Å². The van der Waals surface area contributed by atoms with Crippen LogP contribution in [0.2, 0.25) is 0 Å². The number of aliphatic hydroxyl groups is 1. The Hall–Kier alpha value is -3.43. The number of aliphatic hydroxyl groups excluding tert-OH is 1. The number of alkyl carbamates (subject to hydrolysis) is 1. The van der Waals surface area contributed by atoms with Gasteiger partial charge in [-0.3, -0.25) is 4.79 Å². The molecular formula is C24H28N2O7. The van der Waals surface area contributed by atoms with Crippen LogP contribution in [0.5, 0.6) is 0 Å². The van der Waals surface area contributed by atoms with Crippen molar-refractivity contribution in [3.63, 3.8) is 0 Å². The second kappa shape index (κ2) is 10.9. The van der Waals surface area contributed by atoms with E-state index in [1.54, 1.807) is 6.92 Å². The highest BCUT2D eigenvalue weighted by atomic mass is 16.5. The molecule has 0 saturated carbocycles. The Morgan fingerprint density at radius 1 is 1.00 bits per heavy atom. The smallest absolute Gasteiger partial charge is 0.407 e. The Labute approximate surface area is 191 Å². The molecule has 0 aromatic heterocycles. The number of fused-ring (bicyclic) bond motifs is 3. The lowest BCUT2D eigenvalue weighted by molar-refractivity contribution is -0.143. The number of carboxylic acid groups (broad SMARTS) is 1. The van der Waals surface area contributed by atoms with Crippen LogP contribution in [0.4, 0.5) is 4.79 Å². The van der Waals surface area contributed by atoms with Gasteiger partial charge in [0.25, 0.3) is 0 Å². The fourth-order valence-electron chi connectivity index (χ4n) is 3.95. The number of aliphatic carboxylic acids is 1. The zero-order valence-corrected chi connectivity index (χ0v) is 18.5. The molecule has 2 amide bonds. The number of carbonyl (C=O) groups is 3. The van der Waals surface area contributed by atoms with Gasteiger partial charge in [-0.25, -0.2) is 9.59 Å². The molecule has 9 nitrogen and oxygen atoms in total. The lowest BCUT2D eigenvalue weighted by atomic mass is 9.98. The Morgan fingerprint density at radius 2 is 1.58 bits per heavy atom. The van der Waals surface area contributed by atoms with Gasteiger partial charge in [0.05, 0.1) is 6.10 Å². The predicted molar refractivity (Wildman–Crippen MR) is 120 cm³/mol. The van der Waals surface area contributed by atoms with Crippen LogP contribution in [-0.2, 0) is 19.1 Å². The quantitative estimate of drug-likeness (QED) is 0.429. The molecule has 0 saturated heterocycles. The monoisotopic (exact) mass is 456 g/mol. The number of carboxylic acids is 1. The van der Waals surface area contributed by atoms with Gasteiger partial charge in [-0.2, -0.15) is 0 Å². The second-order valence-electron chi connectivity index (χ2n) is 7.80. The molecule has 2 aromatic carbocycles. The highest BCUT2D eigenvalue weighted by Gasteiger charge is 2.32. The third kappa shape index (κ3) is 5.50. The lowest BCUT2D eigenvalue weighted by Gasteiger charge is -2.25. The van der Waals surface area contributed by atoms with Crippen molar-refractivity contribution in [1.29, 1.82) is 0 Å². The van der Waals surface area contributed by atoms with Crippen LogP contribution >= 0.6 is 0 Å². The summed E-state index contributed by atoms with van der Waals surface area (Å²) in [5.74, 6) is -2.18. The van der Waals surface area contributed by atoms with E-state index in [9.17, 15) is 19.5 Å². The van der Waals surface area contributed by atoms with Crippen LogP contribution in [-0.4, -0.2) is 66.7 Å². The maximum absolute atomic E-state index is 12.7. The molecule has 176 valence electrons. The van der Waals surface area contributed by atoms with Crippen molar-refractivity contribution in [2.75, 3.05) is 20.3 Å². The normalized spacial score (nSPS) is 15.0. The fourth-order valence-corrected chi connectivity index (χ4v) is 3.95. The first-order chi connectivity index (χ1) is 15.9. The van der Waals surface area contributed by atoms with Crippen molar-refractivity contribution in [1.82, 2.24) is 10.6 Å². The first-order valence-corrected chi connectivity index (χ1v) is 10.7. The molecule has 0 spiro atoms. The molecule has 4 N–H and O–H groups in total. The standard InChI is InChI=1S/C24H28N2O7/c1-14(32-2)21(22(28)25-20(11-12-27)23(29)30)26-24(31)33-13-19-17-9-5-3-7-15(17)16-8-4-6-10-18(16)19/h3-10,14,19-21,27H,11-13H2,1-2H3,(H,25,28)(H,26,31)(H,29,30)/t14-,20?,21+/m1/s1. The Balaban J connectivity index is 1.68. The number of hydrogen-bond acceptors (Lipinski definition) is 6. The number of ether oxygens (including phenoxy) is 2. The van der Waals surface area contributed by atoms with E-state index in [1.807, 2.05) is 48.5 Å². The Morgan fingerprint density at radius 3 is 2.09 bits per heavy atom. The molecule has 0 radical (unpaired) electrons. The summed E-state index contributed by atoms with van der Waals surface area (Å²) < 4.78 is 10.7. The van der Waals surface area contributed by atoms with Gasteiger partial charge in [-0.1, -0.05) is 48.5 Å². The van der Waals surface area contributed by atoms with Crippen molar-refractivity contribution < 1.29 is 34.1 Å². The number of amides is 2. The van der Waals surface area contributed by atoms with Gasteiger partial charge in [0.15, 0.2) is 0 Å². The van der Waals surface area contributed by atoms with E-state index >= 15 is 0 Å². The molecule has 1 unspecified atom stereocenters. The van der Waals surface area contributed by atoms with E-state index < -0.39 is 42.8 Å². The van der Waals surface area contributed by atoms with E-state index in [0.29, 0.717) is 0 Å². The van der Waals surface area contributed by atoms with Gasteiger partial charge in [0, 0.05) is 26.1 Å². The minimum Gasteiger partial charge on any atom is -0.480 e. The van der Waals surface area contributed by atoms with Crippen LogP contribution < -0.4 is 10.6 Å². The molecule has 33 heavy (non-hydrogen) atoms. The average Bonchev–Trinajstić information content (AvgIpc) is 3.14. The maximum atomic E-state index is 12.7. The van der Waals surface area contributed by atoms with Crippen LogP contribution in [0.1, 0.15) is 30.4 Å². The van der Waals surface area contributed by atoms with Crippen LogP contribution in [0.15, 0.2) is 48.5 Å². The molecule has 0 aliphatic heterocycles. The number of rotatable bonds is 10. The largest absolute Gasteiger partial charge is 0.480 e. The number of nitrogens with one attached hydrogen (secondary N) is 2. The minimum atomic E-state index is -1.29. The molecule has 3 atom stereocenters. The van der Waals surface area contributed by atoms with E-state index in [4.69, 9.17) is 14.6 Å². The summed E-state index contributed by atoms with van der Waals surface area (Å²) in [6, 6.07) is 13.4. The average molecular weight is 456 g/mol. The van der Waals surface area contributed by atoms with Gasteiger partial charge in [0.2, 0.25) is 5.91 Å². The van der Waals surface area contributed by atoms with Crippen molar-refractivity contribution in [3.8, 4) is 11.1 Å².